The van der Waals surface area contributed by atoms with Crippen LogP contribution in [0.3, 0.4) is 0 Å². The van der Waals surface area contributed by atoms with Crippen LogP contribution in [0.5, 0.6) is 0 Å². The largest absolute Gasteiger partial charge is 0.288 e. The summed E-state index contributed by atoms with van der Waals surface area (Å²) in [6.45, 7) is 0. The van der Waals surface area contributed by atoms with Gasteiger partial charge in [0, 0.05) is 6.07 Å². The molecule has 6 heteroatoms. The van der Waals surface area contributed by atoms with Crippen molar-refractivity contribution in [2.45, 2.75) is 0 Å². The smallest absolute Gasteiger partial charge is 0.199 e. The van der Waals surface area contributed by atoms with Crippen LogP contribution in [0.25, 0.3) is 0 Å². The molecular weight excluding hydrogens is 328 g/mol. The molecule has 0 saturated heterocycles. The van der Waals surface area contributed by atoms with E-state index >= 15 is 0 Å². The third kappa shape index (κ3) is 2.68. The normalized spacial score (nSPS) is 10.6. The van der Waals surface area contributed by atoms with Gasteiger partial charge < -0.3 is 0 Å². The molecule has 0 N–H and O–H groups in total. The van der Waals surface area contributed by atoms with Crippen molar-refractivity contribution >= 4 is 21.7 Å². The van der Waals surface area contributed by atoms with Crippen LogP contribution in [0.1, 0.15) is 15.9 Å². The Morgan fingerprint density at radius 1 is 0.842 bits per heavy atom. The minimum absolute atomic E-state index is 0.152. The van der Waals surface area contributed by atoms with Crippen LogP contribution in [-0.4, -0.2) is 5.78 Å². The van der Waals surface area contributed by atoms with Gasteiger partial charge in [0.05, 0.1) is 15.6 Å². The predicted octanol–water partition coefficient (Wildman–Crippen LogP) is 4.24. The number of hydrogen-bond acceptors (Lipinski definition) is 1. The van der Waals surface area contributed by atoms with E-state index in [1.165, 1.54) is 0 Å². The highest BCUT2D eigenvalue weighted by Gasteiger charge is 2.20. The quantitative estimate of drug-likeness (QED) is 0.457. The first-order chi connectivity index (χ1) is 8.90. The SMILES string of the molecule is O=C(c1ccc(F)cc1F)c1cc(F)c(Br)cc1F. The summed E-state index contributed by atoms with van der Waals surface area (Å²) < 4.78 is 52.8. The van der Waals surface area contributed by atoms with Crippen LogP contribution in [-0.2, 0) is 0 Å². The molecule has 2 aromatic rings. The fourth-order valence-corrected chi connectivity index (χ4v) is 1.83. The molecule has 98 valence electrons. The van der Waals surface area contributed by atoms with Crippen molar-refractivity contribution in [2.24, 2.45) is 0 Å². The van der Waals surface area contributed by atoms with Crippen LogP contribution in [0, 0.1) is 23.3 Å². The maximum Gasteiger partial charge on any atom is 0.199 e. The Morgan fingerprint density at radius 2 is 1.47 bits per heavy atom. The molecule has 2 rings (SSSR count). The van der Waals surface area contributed by atoms with Crippen molar-refractivity contribution in [3.05, 3.63) is 69.2 Å². The summed E-state index contributed by atoms with van der Waals surface area (Å²) in [7, 11) is 0. The molecule has 0 aliphatic carbocycles. The maximum absolute atomic E-state index is 13.6. The van der Waals surface area contributed by atoms with E-state index < -0.39 is 40.2 Å². The number of ketones is 1. The number of hydrogen-bond donors (Lipinski definition) is 0. The third-order valence-corrected chi connectivity index (χ3v) is 3.04. The van der Waals surface area contributed by atoms with Crippen LogP contribution < -0.4 is 0 Å². The molecule has 0 aliphatic heterocycles. The first kappa shape index (κ1) is 13.7. The van der Waals surface area contributed by atoms with E-state index in [2.05, 4.69) is 15.9 Å². The lowest BCUT2D eigenvalue weighted by Crippen LogP contribution is -2.08. The topological polar surface area (TPSA) is 17.1 Å². The highest BCUT2D eigenvalue weighted by molar-refractivity contribution is 9.10. The Morgan fingerprint density at radius 3 is 2.11 bits per heavy atom. The zero-order chi connectivity index (χ0) is 14.2. The molecule has 2 aromatic carbocycles. The monoisotopic (exact) mass is 332 g/mol. The fourth-order valence-electron chi connectivity index (χ4n) is 1.52. The van der Waals surface area contributed by atoms with Gasteiger partial charge in [-0.15, -0.1) is 0 Å². The van der Waals surface area contributed by atoms with Crippen molar-refractivity contribution in [3.63, 3.8) is 0 Å². The van der Waals surface area contributed by atoms with Gasteiger partial charge in [-0.2, -0.15) is 0 Å². The van der Waals surface area contributed by atoms with Gasteiger partial charge in [0.1, 0.15) is 23.3 Å². The second kappa shape index (κ2) is 5.13. The van der Waals surface area contributed by atoms with E-state index in [0.29, 0.717) is 12.1 Å². The van der Waals surface area contributed by atoms with Crippen molar-refractivity contribution in [3.8, 4) is 0 Å². The van der Waals surface area contributed by atoms with E-state index in [1.807, 2.05) is 0 Å². The molecule has 0 fully saturated rings. The first-order valence-electron chi connectivity index (χ1n) is 5.04. The van der Waals surface area contributed by atoms with Gasteiger partial charge >= 0.3 is 0 Å². The van der Waals surface area contributed by atoms with Crippen LogP contribution >= 0.6 is 15.9 Å². The van der Waals surface area contributed by atoms with Gasteiger partial charge in [0.2, 0.25) is 0 Å². The Hall–Kier alpha value is -1.69. The number of halogens is 5. The van der Waals surface area contributed by atoms with Gasteiger partial charge in [-0.1, -0.05) is 0 Å². The van der Waals surface area contributed by atoms with Gasteiger partial charge in [-0.25, -0.2) is 17.6 Å². The predicted molar refractivity (Wildman–Crippen MR) is 63.8 cm³/mol. The van der Waals surface area contributed by atoms with Crippen molar-refractivity contribution in [2.75, 3.05) is 0 Å². The highest BCUT2D eigenvalue weighted by Crippen LogP contribution is 2.23. The Bertz CT molecular complexity index is 670. The molecule has 0 aromatic heterocycles. The lowest BCUT2D eigenvalue weighted by molar-refractivity contribution is 0.103. The molecule has 0 radical (unpaired) electrons. The second-order valence-corrected chi connectivity index (χ2v) is 4.55. The summed E-state index contributed by atoms with van der Waals surface area (Å²) in [6.07, 6.45) is 0. The zero-order valence-corrected chi connectivity index (χ0v) is 10.8. The van der Waals surface area contributed by atoms with Crippen molar-refractivity contribution < 1.29 is 22.4 Å². The molecule has 0 amide bonds. The van der Waals surface area contributed by atoms with Crippen LogP contribution in [0.2, 0.25) is 0 Å². The van der Waals surface area contributed by atoms with E-state index in [0.717, 1.165) is 18.2 Å². The molecule has 0 unspecified atom stereocenters. The molecule has 1 nitrogen and oxygen atoms in total. The van der Waals surface area contributed by atoms with Crippen LogP contribution in [0.15, 0.2) is 34.8 Å². The molecular formula is C13H5BrF4O. The average Bonchev–Trinajstić information content (AvgIpc) is 2.33. The third-order valence-electron chi connectivity index (χ3n) is 2.43. The molecule has 19 heavy (non-hydrogen) atoms. The standard InChI is InChI=1S/C13H5BrF4O/c14-9-5-11(17)8(4-12(9)18)13(19)7-2-1-6(15)3-10(7)16/h1-5H. The summed E-state index contributed by atoms with van der Waals surface area (Å²) in [5, 5.41) is 0. The Balaban J connectivity index is 2.53. The summed E-state index contributed by atoms with van der Waals surface area (Å²) in [6, 6.07) is 3.67. The average molecular weight is 333 g/mol. The summed E-state index contributed by atoms with van der Waals surface area (Å²) in [5.41, 5.74) is -1.15. The Labute approximate surface area is 114 Å². The Kier molecular flexibility index (Phi) is 3.71. The molecule has 0 atom stereocenters. The molecule has 0 saturated carbocycles. The number of benzene rings is 2. The molecule has 0 heterocycles. The number of carbonyl (C=O) groups excluding carboxylic acids is 1. The molecule has 0 spiro atoms. The first-order valence-corrected chi connectivity index (χ1v) is 5.83. The lowest BCUT2D eigenvalue weighted by atomic mass is 10.0. The molecule has 0 aliphatic rings. The van der Waals surface area contributed by atoms with Gasteiger partial charge in [-0.05, 0) is 40.2 Å². The minimum Gasteiger partial charge on any atom is -0.288 e. The van der Waals surface area contributed by atoms with E-state index in [4.69, 9.17) is 0 Å². The van der Waals surface area contributed by atoms with Gasteiger partial charge in [0.15, 0.2) is 5.78 Å². The maximum atomic E-state index is 13.6. The van der Waals surface area contributed by atoms with E-state index in [1.54, 1.807) is 0 Å². The van der Waals surface area contributed by atoms with E-state index in [9.17, 15) is 22.4 Å². The van der Waals surface area contributed by atoms with E-state index in [-0.39, 0.29) is 4.47 Å². The lowest BCUT2D eigenvalue weighted by Gasteiger charge is -2.05. The summed E-state index contributed by atoms with van der Waals surface area (Å²) >= 11 is 2.76. The number of rotatable bonds is 2. The summed E-state index contributed by atoms with van der Waals surface area (Å²) in [5.74, 6) is -4.90. The highest BCUT2D eigenvalue weighted by atomic mass is 79.9. The summed E-state index contributed by atoms with van der Waals surface area (Å²) in [4.78, 5) is 11.9. The fraction of sp³-hybridized carbons (Fsp3) is 0. The zero-order valence-electron chi connectivity index (χ0n) is 9.18. The minimum atomic E-state index is -1.13. The van der Waals surface area contributed by atoms with Crippen molar-refractivity contribution in [1.82, 2.24) is 0 Å². The van der Waals surface area contributed by atoms with Gasteiger partial charge in [-0.3, -0.25) is 4.79 Å². The van der Waals surface area contributed by atoms with Gasteiger partial charge in [0.25, 0.3) is 0 Å². The second-order valence-electron chi connectivity index (χ2n) is 3.70. The molecule has 0 bridgehead atoms. The van der Waals surface area contributed by atoms with Crippen molar-refractivity contribution in [1.29, 1.82) is 0 Å². The van der Waals surface area contributed by atoms with Crippen LogP contribution in [0.4, 0.5) is 17.6 Å². The number of carbonyl (C=O) groups is 1.